The fraction of sp³-hybridized carbons (Fsp3) is 0.857. The molecule has 1 aliphatic carbocycles. The molecule has 0 aliphatic heterocycles. The van der Waals surface area contributed by atoms with Gasteiger partial charge in [0.15, 0.2) is 0 Å². The maximum Gasteiger partial charge on any atom is 0.294 e. The van der Waals surface area contributed by atoms with Gasteiger partial charge in [0.2, 0.25) is 12.0 Å². The van der Waals surface area contributed by atoms with Gasteiger partial charge in [0.05, 0.1) is 6.61 Å². The van der Waals surface area contributed by atoms with Crippen LogP contribution < -0.4 is 5.32 Å². The van der Waals surface area contributed by atoms with Gasteiger partial charge in [-0.15, -0.1) is 16.7 Å². The van der Waals surface area contributed by atoms with Crippen LogP contribution in [0.2, 0.25) is 0 Å². The summed E-state index contributed by atoms with van der Waals surface area (Å²) in [4.78, 5) is 47.6. The van der Waals surface area contributed by atoms with E-state index in [4.69, 9.17) is 11.5 Å². The number of ether oxygens (including phenoxy) is 1. The predicted octanol–water partition coefficient (Wildman–Crippen LogP) is 6.01. The molecular formula is C21H38N4O7S4Y-2. The van der Waals surface area contributed by atoms with Crippen LogP contribution in [0.25, 0.3) is 11.5 Å². The van der Waals surface area contributed by atoms with Gasteiger partial charge in [-0.25, -0.2) is 0 Å². The number of nitrogens with one attached hydrogen (secondary N) is 3. The third-order valence-electron chi connectivity index (χ3n) is 5.00. The molecule has 213 valence electrons. The quantitative estimate of drug-likeness (QED) is 0.0736. The zero-order valence-corrected chi connectivity index (χ0v) is 27.4. The fourth-order valence-corrected chi connectivity index (χ4v) is 6.99. The summed E-state index contributed by atoms with van der Waals surface area (Å²) < 4.78 is 4.53. The van der Waals surface area contributed by atoms with E-state index in [1.807, 2.05) is 0 Å². The van der Waals surface area contributed by atoms with Crippen molar-refractivity contribution in [2.45, 2.75) is 58.3 Å². The van der Waals surface area contributed by atoms with Crippen LogP contribution in [0.5, 0.6) is 0 Å². The van der Waals surface area contributed by atoms with Crippen molar-refractivity contribution >= 4 is 61.0 Å². The third-order valence-corrected chi connectivity index (χ3v) is 9.82. The standard InChI is InChI=1S/C17H30N2O4S2.C4H9N2O3S2.Y/c1-14(20)19-13-17(7-3-2-4-8-17)12-15(21)6-5-10-24-25-11-9-23-16(18)22;5-1-3-10-11-4-2-9-6(7)8;/h2-13H2,1H3,(H3,18,19,20,22);5H,1-4H2;/q;-1;/p-1. The summed E-state index contributed by atoms with van der Waals surface area (Å²) in [5, 5.41) is 11.7. The molecule has 2 amide bonds. The van der Waals surface area contributed by atoms with Gasteiger partial charge in [0.25, 0.3) is 5.09 Å². The Hall–Kier alpha value is 0.0739. The second kappa shape index (κ2) is 26.3. The Morgan fingerprint density at radius 3 is 2.16 bits per heavy atom. The summed E-state index contributed by atoms with van der Waals surface area (Å²) in [5.41, 5.74) is 13.3. The number of carbonyl (C=O) groups is 3. The molecule has 1 radical (unpaired) electrons. The van der Waals surface area contributed by atoms with Crippen molar-refractivity contribution in [3.8, 4) is 0 Å². The molecular weight excluding hydrogens is 637 g/mol. The molecule has 0 aromatic rings. The SMILES string of the molecule is CC(=O)NCC1(CC(=O)CCCSSCCOC([NH-])=O)CCCCC1.[NH-]CCSSCCO[N+](=O)[O-].[Y]. The molecule has 1 saturated carbocycles. The summed E-state index contributed by atoms with van der Waals surface area (Å²) in [6.07, 6.45) is 6.56. The van der Waals surface area contributed by atoms with Crippen molar-refractivity contribution in [3.63, 3.8) is 0 Å². The van der Waals surface area contributed by atoms with E-state index >= 15 is 0 Å². The van der Waals surface area contributed by atoms with Crippen molar-refractivity contribution < 1.29 is 61.8 Å². The number of hydrogen-bond acceptors (Lipinski definition) is 11. The van der Waals surface area contributed by atoms with E-state index in [1.54, 1.807) is 21.6 Å². The molecule has 0 saturated heterocycles. The normalized spacial score (nSPS) is 13.8. The van der Waals surface area contributed by atoms with Gasteiger partial charge < -0.3 is 26.4 Å². The first-order valence-corrected chi connectivity index (χ1v) is 16.7. The summed E-state index contributed by atoms with van der Waals surface area (Å²) in [6, 6.07) is 0. The minimum Gasteiger partial charge on any atom is -0.677 e. The molecule has 0 spiro atoms. The summed E-state index contributed by atoms with van der Waals surface area (Å²) in [6.45, 7) is 2.91. The smallest absolute Gasteiger partial charge is 0.294 e. The summed E-state index contributed by atoms with van der Waals surface area (Å²) >= 11 is 0. The van der Waals surface area contributed by atoms with E-state index in [1.165, 1.54) is 34.9 Å². The van der Waals surface area contributed by atoms with Crippen molar-refractivity contribution in [1.82, 2.24) is 5.32 Å². The molecule has 1 rings (SSSR count). The number of hydrogen-bond donors (Lipinski definition) is 1. The first-order valence-electron chi connectivity index (χ1n) is 11.8. The van der Waals surface area contributed by atoms with Crippen LogP contribution >= 0.6 is 43.2 Å². The van der Waals surface area contributed by atoms with Gasteiger partial charge in [-0.05, 0) is 30.4 Å². The average Bonchev–Trinajstić information content (AvgIpc) is 2.82. The second-order valence-corrected chi connectivity index (χ2v) is 13.4. The largest absolute Gasteiger partial charge is 0.677 e. The van der Waals surface area contributed by atoms with Crippen molar-refractivity contribution in [2.24, 2.45) is 5.41 Å². The van der Waals surface area contributed by atoms with E-state index in [-0.39, 0.29) is 57.2 Å². The first kappa shape index (κ1) is 39.2. The van der Waals surface area contributed by atoms with Crippen LogP contribution in [0.15, 0.2) is 0 Å². The zero-order valence-electron chi connectivity index (χ0n) is 21.3. The van der Waals surface area contributed by atoms with Crippen LogP contribution in [0.3, 0.4) is 0 Å². The Labute approximate surface area is 260 Å². The van der Waals surface area contributed by atoms with Gasteiger partial charge >= 0.3 is 0 Å². The minimum atomic E-state index is -0.993. The monoisotopic (exact) mass is 675 g/mol. The molecule has 1 aliphatic rings. The van der Waals surface area contributed by atoms with Gasteiger partial charge in [-0.3, -0.25) is 14.4 Å². The molecule has 16 heteroatoms. The number of nitrogens with zero attached hydrogens (tertiary/aromatic N) is 1. The van der Waals surface area contributed by atoms with Gasteiger partial charge in [0.1, 0.15) is 12.4 Å². The molecule has 0 bridgehead atoms. The first-order chi connectivity index (χ1) is 17.2. The molecule has 1 fully saturated rings. The number of ketones is 1. The van der Waals surface area contributed by atoms with E-state index in [0.29, 0.717) is 43.2 Å². The Kier molecular flexibility index (Phi) is 27.9. The Morgan fingerprint density at radius 2 is 1.59 bits per heavy atom. The Morgan fingerprint density at radius 1 is 1.00 bits per heavy atom. The maximum atomic E-state index is 12.4. The molecule has 3 N–H and O–H groups in total. The molecule has 11 nitrogen and oxygen atoms in total. The predicted molar refractivity (Wildman–Crippen MR) is 151 cm³/mol. The number of amides is 2. The summed E-state index contributed by atoms with van der Waals surface area (Å²) in [7, 11) is 6.27. The fourth-order valence-electron chi connectivity index (χ4n) is 3.46. The molecule has 0 heterocycles. The van der Waals surface area contributed by atoms with Gasteiger partial charge in [0, 0.05) is 76.3 Å². The second-order valence-electron chi connectivity index (χ2n) is 8.02. The number of Topliss-reactive ketones (excluding diaryl/α,β-unsaturated/α-hetero) is 1. The van der Waals surface area contributed by atoms with Gasteiger partial charge in [-0.2, -0.15) is 0 Å². The number of carbonyl (C=O) groups excluding carboxylic acids is 3. The molecule has 0 aromatic heterocycles. The molecule has 37 heavy (non-hydrogen) atoms. The Bertz CT molecular complexity index is 648. The summed E-state index contributed by atoms with van der Waals surface area (Å²) in [5.74, 6) is 3.14. The van der Waals surface area contributed by atoms with Crippen LogP contribution in [-0.2, 0) is 51.9 Å². The zero-order chi connectivity index (χ0) is 27.1. The van der Waals surface area contributed by atoms with Crippen molar-refractivity contribution in [3.05, 3.63) is 21.6 Å². The average molecular weight is 676 g/mol. The van der Waals surface area contributed by atoms with Crippen LogP contribution in [-0.4, -0.2) is 72.2 Å². The molecule has 0 unspecified atom stereocenters. The van der Waals surface area contributed by atoms with Crippen LogP contribution in [0.4, 0.5) is 4.79 Å². The molecule has 0 aromatic carbocycles. The van der Waals surface area contributed by atoms with Crippen molar-refractivity contribution in [1.29, 1.82) is 0 Å². The van der Waals surface area contributed by atoms with E-state index in [9.17, 15) is 24.5 Å². The minimum absolute atomic E-state index is 0. The molecule has 0 atom stereocenters. The topological polar surface area (TPSA) is 172 Å². The van der Waals surface area contributed by atoms with Gasteiger partial charge in [-0.1, -0.05) is 62.4 Å². The maximum absolute atomic E-state index is 12.4. The van der Waals surface area contributed by atoms with E-state index < -0.39 is 11.2 Å². The van der Waals surface area contributed by atoms with Crippen LogP contribution in [0.1, 0.15) is 58.3 Å². The van der Waals surface area contributed by atoms with E-state index in [0.717, 1.165) is 43.6 Å². The third kappa shape index (κ3) is 26.1. The Balaban J connectivity index is 0. The van der Waals surface area contributed by atoms with Crippen LogP contribution in [0, 0.1) is 15.5 Å². The van der Waals surface area contributed by atoms with E-state index in [2.05, 4.69) is 14.9 Å². The number of rotatable bonds is 19. The van der Waals surface area contributed by atoms with Crippen molar-refractivity contribution in [2.75, 3.05) is 49.3 Å².